The largest absolute Gasteiger partial charge is 0.462 e. The van der Waals surface area contributed by atoms with Gasteiger partial charge in [-0.05, 0) is 39.2 Å². The molecule has 0 N–H and O–H groups in total. The molecule has 1 fully saturated rings. The van der Waals surface area contributed by atoms with Crippen molar-refractivity contribution in [2.45, 2.75) is 39.7 Å². The molecule has 0 spiro atoms. The predicted octanol–water partition coefficient (Wildman–Crippen LogP) is 3.18. The molecule has 3 rings (SSSR count). The van der Waals surface area contributed by atoms with Gasteiger partial charge in [-0.1, -0.05) is 0 Å². The lowest BCUT2D eigenvalue weighted by Gasteiger charge is -2.33. The molecule has 24 heavy (non-hydrogen) atoms. The summed E-state index contributed by atoms with van der Waals surface area (Å²) in [7, 11) is 0. The van der Waals surface area contributed by atoms with Crippen LogP contribution in [0, 0.1) is 6.92 Å². The van der Waals surface area contributed by atoms with Gasteiger partial charge in [-0.25, -0.2) is 14.8 Å². The van der Waals surface area contributed by atoms with E-state index in [0.717, 1.165) is 54.1 Å². The van der Waals surface area contributed by atoms with Crippen LogP contribution in [0.4, 0.5) is 5.82 Å². The fourth-order valence-electron chi connectivity index (χ4n) is 3.19. The summed E-state index contributed by atoms with van der Waals surface area (Å²) >= 11 is 1.38. The summed E-state index contributed by atoms with van der Waals surface area (Å²) in [6.45, 7) is 8.64. The van der Waals surface area contributed by atoms with Crippen molar-refractivity contribution >= 4 is 33.3 Å². The minimum atomic E-state index is -0.283. The number of rotatable bonds is 5. The molecule has 1 unspecified atom stereocenters. The monoisotopic (exact) mass is 349 g/mol. The molecule has 0 saturated carbocycles. The van der Waals surface area contributed by atoms with Crippen LogP contribution in [0.15, 0.2) is 6.33 Å². The molecule has 1 aliphatic rings. The van der Waals surface area contributed by atoms with Crippen molar-refractivity contribution in [3.05, 3.63) is 16.8 Å². The van der Waals surface area contributed by atoms with Crippen molar-refractivity contribution in [3.63, 3.8) is 0 Å². The normalized spacial score (nSPS) is 18.1. The molecule has 1 atom stereocenters. The number of ether oxygens (including phenoxy) is 2. The predicted molar refractivity (Wildman–Crippen MR) is 95.0 cm³/mol. The van der Waals surface area contributed by atoms with Crippen LogP contribution in [0.3, 0.4) is 0 Å². The maximum Gasteiger partial charge on any atom is 0.348 e. The third kappa shape index (κ3) is 3.23. The highest BCUT2D eigenvalue weighted by atomic mass is 32.1. The number of hydrogen-bond donors (Lipinski definition) is 0. The van der Waals surface area contributed by atoms with Gasteiger partial charge in [-0.2, -0.15) is 0 Å². The van der Waals surface area contributed by atoms with Gasteiger partial charge in [0, 0.05) is 19.7 Å². The Bertz CT molecular complexity index is 729. The van der Waals surface area contributed by atoms with Gasteiger partial charge in [-0.15, -0.1) is 11.3 Å². The van der Waals surface area contributed by atoms with Crippen molar-refractivity contribution in [2.24, 2.45) is 0 Å². The summed E-state index contributed by atoms with van der Waals surface area (Å²) in [5.41, 5.74) is 0.905. The maximum atomic E-state index is 12.2. The van der Waals surface area contributed by atoms with Crippen LogP contribution in [-0.2, 0) is 9.47 Å². The molecule has 0 bridgehead atoms. The SMILES string of the molecule is CCOC(=O)c1sc2ncnc(N3CCCC(OCC)C3)c2c1C. The summed E-state index contributed by atoms with van der Waals surface area (Å²) in [6.07, 6.45) is 3.96. The average Bonchev–Trinajstić information content (AvgIpc) is 2.93. The van der Waals surface area contributed by atoms with E-state index < -0.39 is 0 Å². The van der Waals surface area contributed by atoms with Crippen molar-refractivity contribution in [1.29, 1.82) is 0 Å². The first-order chi connectivity index (χ1) is 11.7. The van der Waals surface area contributed by atoms with Crippen LogP contribution in [0.25, 0.3) is 10.2 Å². The molecule has 7 heteroatoms. The number of carbonyl (C=O) groups excluding carboxylic acids is 1. The van der Waals surface area contributed by atoms with Crippen LogP contribution in [0.2, 0.25) is 0 Å². The molecular weight excluding hydrogens is 326 g/mol. The number of fused-ring (bicyclic) bond motifs is 1. The Hall–Kier alpha value is -1.73. The van der Waals surface area contributed by atoms with E-state index in [0.29, 0.717) is 11.5 Å². The molecule has 2 aromatic rings. The molecule has 0 radical (unpaired) electrons. The Morgan fingerprint density at radius 1 is 1.38 bits per heavy atom. The summed E-state index contributed by atoms with van der Waals surface area (Å²) < 4.78 is 11.0. The van der Waals surface area contributed by atoms with Crippen molar-refractivity contribution in [1.82, 2.24) is 9.97 Å². The summed E-state index contributed by atoms with van der Waals surface area (Å²) in [5, 5.41) is 0.961. The first kappa shape index (κ1) is 17.1. The van der Waals surface area contributed by atoms with E-state index in [1.165, 1.54) is 11.3 Å². The number of esters is 1. The maximum absolute atomic E-state index is 12.2. The number of nitrogens with zero attached hydrogens (tertiary/aromatic N) is 3. The lowest BCUT2D eigenvalue weighted by molar-refractivity contribution is 0.0523. The number of thiophene rings is 1. The third-order valence-corrected chi connectivity index (χ3v) is 5.43. The fourth-order valence-corrected chi connectivity index (χ4v) is 4.22. The third-order valence-electron chi connectivity index (χ3n) is 4.25. The van der Waals surface area contributed by atoms with Gasteiger partial charge in [0.15, 0.2) is 0 Å². The molecule has 130 valence electrons. The van der Waals surface area contributed by atoms with Gasteiger partial charge in [-0.3, -0.25) is 0 Å². The van der Waals surface area contributed by atoms with Crippen LogP contribution in [0.1, 0.15) is 41.9 Å². The highest BCUT2D eigenvalue weighted by Crippen LogP contribution is 2.36. The number of anilines is 1. The molecule has 2 aromatic heterocycles. The average molecular weight is 349 g/mol. The standard InChI is InChI=1S/C17H23N3O3S/c1-4-22-12-7-6-8-20(9-12)15-13-11(3)14(17(21)23-5-2)24-16(13)19-10-18-15/h10,12H,4-9H2,1-3H3. The van der Waals surface area contributed by atoms with Crippen molar-refractivity contribution < 1.29 is 14.3 Å². The lowest BCUT2D eigenvalue weighted by atomic mass is 10.1. The quantitative estimate of drug-likeness (QED) is 0.773. The minimum Gasteiger partial charge on any atom is -0.462 e. The lowest BCUT2D eigenvalue weighted by Crippen LogP contribution is -2.40. The highest BCUT2D eigenvalue weighted by molar-refractivity contribution is 7.20. The number of aryl methyl sites for hydroxylation is 1. The Labute approximate surface area is 145 Å². The molecule has 6 nitrogen and oxygen atoms in total. The Morgan fingerprint density at radius 3 is 2.96 bits per heavy atom. The summed E-state index contributed by atoms with van der Waals surface area (Å²) in [5.74, 6) is 0.614. The molecular formula is C17H23N3O3S. The van der Waals surface area contributed by atoms with Crippen LogP contribution in [0.5, 0.6) is 0 Å². The number of piperidine rings is 1. The second-order valence-electron chi connectivity index (χ2n) is 5.82. The molecule has 0 aliphatic carbocycles. The second-order valence-corrected chi connectivity index (χ2v) is 6.82. The second kappa shape index (κ2) is 7.44. The number of carbonyl (C=O) groups is 1. The van der Waals surface area contributed by atoms with E-state index >= 15 is 0 Å². The van der Waals surface area contributed by atoms with Gasteiger partial charge in [0.1, 0.15) is 21.9 Å². The van der Waals surface area contributed by atoms with Crippen molar-refractivity contribution in [3.8, 4) is 0 Å². The smallest absolute Gasteiger partial charge is 0.348 e. The molecule has 0 aromatic carbocycles. The molecule has 3 heterocycles. The van der Waals surface area contributed by atoms with Gasteiger partial charge in [0.2, 0.25) is 0 Å². The Kier molecular flexibility index (Phi) is 5.30. The van der Waals surface area contributed by atoms with E-state index in [-0.39, 0.29) is 12.1 Å². The van der Waals surface area contributed by atoms with E-state index in [2.05, 4.69) is 14.9 Å². The van der Waals surface area contributed by atoms with Gasteiger partial charge < -0.3 is 14.4 Å². The van der Waals surface area contributed by atoms with Gasteiger partial charge in [0.05, 0.1) is 18.1 Å². The minimum absolute atomic E-state index is 0.234. The Morgan fingerprint density at radius 2 is 2.21 bits per heavy atom. The number of hydrogen-bond acceptors (Lipinski definition) is 7. The highest BCUT2D eigenvalue weighted by Gasteiger charge is 2.26. The van der Waals surface area contributed by atoms with Crippen LogP contribution < -0.4 is 4.90 Å². The van der Waals surface area contributed by atoms with Crippen LogP contribution in [-0.4, -0.2) is 48.3 Å². The van der Waals surface area contributed by atoms with E-state index in [4.69, 9.17) is 9.47 Å². The van der Waals surface area contributed by atoms with E-state index in [1.807, 2.05) is 20.8 Å². The zero-order valence-corrected chi connectivity index (χ0v) is 15.2. The Balaban J connectivity index is 1.98. The molecule has 1 aliphatic heterocycles. The summed E-state index contributed by atoms with van der Waals surface area (Å²) in [4.78, 5) is 24.7. The fraction of sp³-hybridized carbons (Fsp3) is 0.588. The van der Waals surface area contributed by atoms with Crippen molar-refractivity contribution in [2.75, 3.05) is 31.2 Å². The van der Waals surface area contributed by atoms with E-state index in [9.17, 15) is 4.79 Å². The molecule has 1 saturated heterocycles. The number of aromatic nitrogens is 2. The molecule has 0 amide bonds. The zero-order chi connectivity index (χ0) is 17.1. The van der Waals surface area contributed by atoms with Crippen LogP contribution >= 0.6 is 11.3 Å². The first-order valence-corrected chi connectivity index (χ1v) is 9.25. The van der Waals surface area contributed by atoms with Gasteiger partial charge >= 0.3 is 5.97 Å². The summed E-state index contributed by atoms with van der Waals surface area (Å²) in [6, 6.07) is 0. The zero-order valence-electron chi connectivity index (χ0n) is 14.4. The van der Waals surface area contributed by atoms with Gasteiger partial charge in [0.25, 0.3) is 0 Å². The topological polar surface area (TPSA) is 64.5 Å². The first-order valence-electron chi connectivity index (χ1n) is 8.43. The van der Waals surface area contributed by atoms with E-state index in [1.54, 1.807) is 6.33 Å².